The van der Waals surface area contributed by atoms with Crippen molar-refractivity contribution in [1.82, 2.24) is 14.9 Å². The molecule has 0 bridgehead atoms. The number of ether oxygens (including phenoxy) is 1. The van der Waals surface area contributed by atoms with Crippen LogP contribution in [-0.4, -0.2) is 40.0 Å². The molecule has 0 aliphatic carbocycles. The predicted octanol–water partition coefficient (Wildman–Crippen LogP) is 7.48. The molecule has 0 saturated carbocycles. The summed E-state index contributed by atoms with van der Waals surface area (Å²) in [7, 11) is 0. The van der Waals surface area contributed by atoms with Gasteiger partial charge in [0.1, 0.15) is 16.7 Å². The van der Waals surface area contributed by atoms with Crippen molar-refractivity contribution >= 4 is 29.3 Å². The number of amides is 2. The summed E-state index contributed by atoms with van der Waals surface area (Å²) in [5, 5.41) is 3.13. The summed E-state index contributed by atoms with van der Waals surface area (Å²) in [4.78, 5) is 35.9. The van der Waals surface area contributed by atoms with E-state index in [1.807, 2.05) is 61.2 Å². The van der Waals surface area contributed by atoms with E-state index in [4.69, 9.17) is 21.3 Å². The van der Waals surface area contributed by atoms with Gasteiger partial charge in [0, 0.05) is 29.8 Å². The number of carbonyl (C=O) groups excluding carboxylic acids is 2. The fraction of sp³-hybridized carbons (Fsp3) is 0.303. The van der Waals surface area contributed by atoms with Gasteiger partial charge in [0.15, 0.2) is 0 Å². The Morgan fingerprint density at radius 1 is 1.07 bits per heavy atom. The van der Waals surface area contributed by atoms with Crippen LogP contribution in [0.4, 0.5) is 10.5 Å². The Hall–Kier alpha value is -4.10. The minimum Gasteiger partial charge on any atom is -0.449 e. The minimum atomic E-state index is -0.492. The second-order valence-corrected chi connectivity index (χ2v) is 11.2. The molecular formula is C33H35ClN4O3. The molecule has 1 aliphatic heterocycles. The average Bonchev–Trinajstić information content (AvgIpc) is 3.37. The monoisotopic (exact) mass is 570 g/mol. The number of rotatable bonds is 9. The summed E-state index contributed by atoms with van der Waals surface area (Å²) in [5.41, 5.74) is 6.18. The lowest BCUT2D eigenvalue weighted by Crippen LogP contribution is -2.41. The molecule has 41 heavy (non-hydrogen) atoms. The standard InChI is InChI=1S/C33H35ClN4O3/c1-4-22-10-15-27-25(18-22)16-17-38(32(27)39)28(19-23-8-6-5-7-9-23)31-36-29(30(34)37-31)24-11-13-26(14-12-24)35-33(40)41-20-21(2)3/h5-15,18,21,28H,4,16-17,19-20H2,1-3H3,(H,35,40)(H,36,37)/t28-/m0/s1. The molecule has 0 spiro atoms. The number of H-pyrrole nitrogens is 1. The van der Waals surface area contributed by atoms with Gasteiger partial charge in [0.2, 0.25) is 0 Å². The van der Waals surface area contributed by atoms with Gasteiger partial charge in [-0.3, -0.25) is 10.1 Å². The van der Waals surface area contributed by atoms with Gasteiger partial charge >= 0.3 is 6.09 Å². The first-order chi connectivity index (χ1) is 19.8. The molecule has 4 aromatic rings. The molecule has 1 aliphatic rings. The largest absolute Gasteiger partial charge is 0.449 e. The van der Waals surface area contributed by atoms with Crippen LogP contribution in [0.5, 0.6) is 0 Å². The summed E-state index contributed by atoms with van der Waals surface area (Å²) < 4.78 is 5.20. The fourth-order valence-electron chi connectivity index (χ4n) is 5.09. The molecule has 0 fully saturated rings. The number of imidazole rings is 1. The lowest BCUT2D eigenvalue weighted by Gasteiger charge is -2.35. The van der Waals surface area contributed by atoms with Gasteiger partial charge in [-0.15, -0.1) is 0 Å². The average molecular weight is 571 g/mol. The number of hydrogen-bond donors (Lipinski definition) is 2. The number of fused-ring (bicyclic) bond motifs is 1. The Balaban J connectivity index is 1.41. The van der Waals surface area contributed by atoms with E-state index < -0.39 is 6.09 Å². The molecule has 5 rings (SSSR count). The highest BCUT2D eigenvalue weighted by Crippen LogP contribution is 2.34. The van der Waals surface area contributed by atoms with Gasteiger partial charge in [0.05, 0.1) is 12.6 Å². The number of hydrogen-bond acceptors (Lipinski definition) is 4. The van der Waals surface area contributed by atoms with E-state index in [-0.39, 0.29) is 17.9 Å². The molecule has 2 N–H and O–H groups in total. The van der Waals surface area contributed by atoms with E-state index in [0.717, 1.165) is 35.1 Å². The van der Waals surface area contributed by atoms with Crippen molar-refractivity contribution in [3.05, 3.63) is 106 Å². The van der Waals surface area contributed by atoms with E-state index in [0.29, 0.717) is 41.9 Å². The molecule has 212 valence electrons. The van der Waals surface area contributed by atoms with Crippen molar-refractivity contribution in [1.29, 1.82) is 0 Å². The van der Waals surface area contributed by atoms with Crippen molar-refractivity contribution in [3.8, 4) is 11.3 Å². The van der Waals surface area contributed by atoms with Gasteiger partial charge < -0.3 is 14.6 Å². The summed E-state index contributed by atoms with van der Waals surface area (Å²) in [6, 6.07) is 23.2. The zero-order valence-corrected chi connectivity index (χ0v) is 24.4. The highest BCUT2D eigenvalue weighted by atomic mass is 35.5. The maximum absolute atomic E-state index is 13.8. The molecule has 3 aromatic carbocycles. The predicted molar refractivity (Wildman–Crippen MR) is 162 cm³/mol. The molecule has 2 heterocycles. The zero-order valence-electron chi connectivity index (χ0n) is 23.6. The normalized spacial score (nSPS) is 13.7. The lowest BCUT2D eigenvalue weighted by molar-refractivity contribution is 0.0648. The zero-order chi connectivity index (χ0) is 28.9. The van der Waals surface area contributed by atoms with Crippen molar-refractivity contribution in [2.24, 2.45) is 5.92 Å². The maximum Gasteiger partial charge on any atom is 0.411 e. The summed E-state index contributed by atoms with van der Waals surface area (Å²) in [6.07, 6.45) is 1.83. The quantitative estimate of drug-likeness (QED) is 0.218. The van der Waals surface area contributed by atoms with Crippen LogP contribution in [0.25, 0.3) is 11.3 Å². The maximum atomic E-state index is 13.8. The fourth-order valence-corrected chi connectivity index (χ4v) is 5.34. The van der Waals surface area contributed by atoms with Gasteiger partial charge in [-0.05, 0) is 53.6 Å². The smallest absolute Gasteiger partial charge is 0.411 e. The van der Waals surface area contributed by atoms with E-state index in [1.54, 1.807) is 12.1 Å². The third-order valence-electron chi connectivity index (χ3n) is 7.29. The molecule has 7 nitrogen and oxygen atoms in total. The molecule has 0 saturated heterocycles. The SMILES string of the molecule is CCc1ccc2c(c1)CCN([C@@H](Cc1ccccc1)c1nc(-c3ccc(NC(=O)OCC(C)C)cc3)c(Cl)[nH]1)C2=O. The number of nitrogens with zero attached hydrogens (tertiary/aromatic N) is 2. The van der Waals surface area contributed by atoms with Crippen molar-refractivity contribution in [3.63, 3.8) is 0 Å². The molecule has 2 amide bonds. The van der Waals surface area contributed by atoms with Crippen LogP contribution >= 0.6 is 11.6 Å². The van der Waals surface area contributed by atoms with Gasteiger partial charge in [-0.1, -0.05) is 87.0 Å². The second-order valence-electron chi connectivity index (χ2n) is 10.8. The summed E-state index contributed by atoms with van der Waals surface area (Å²) in [5.74, 6) is 0.896. The number of aromatic nitrogens is 2. The van der Waals surface area contributed by atoms with E-state index in [9.17, 15) is 9.59 Å². The number of anilines is 1. The Labute approximate surface area is 245 Å². The highest BCUT2D eigenvalue weighted by molar-refractivity contribution is 6.31. The van der Waals surface area contributed by atoms with Crippen LogP contribution in [0.15, 0.2) is 72.8 Å². The first-order valence-corrected chi connectivity index (χ1v) is 14.5. The summed E-state index contributed by atoms with van der Waals surface area (Å²) in [6.45, 7) is 7.04. The number of aromatic amines is 1. The second kappa shape index (κ2) is 12.6. The van der Waals surface area contributed by atoms with Gasteiger partial charge in [-0.25, -0.2) is 9.78 Å². The molecule has 1 atom stereocenters. The highest BCUT2D eigenvalue weighted by Gasteiger charge is 2.33. The van der Waals surface area contributed by atoms with E-state index >= 15 is 0 Å². The van der Waals surface area contributed by atoms with Crippen LogP contribution in [0.1, 0.15) is 59.7 Å². The van der Waals surface area contributed by atoms with E-state index in [1.165, 1.54) is 5.56 Å². The first kappa shape index (κ1) is 28.4. The Kier molecular flexibility index (Phi) is 8.74. The van der Waals surface area contributed by atoms with Crippen molar-refractivity contribution in [2.75, 3.05) is 18.5 Å². The van der Waals surface area contributed by atoms with Crippen LogP contribution in [0.3, 0.4) is 0 Å². The Morgan fingerprint density at radius 3 is 2.54 bits per heavy atom. The van der Waals surface area contributed by atoms with Gasteiger partial charge in [0.25, 0.3) is 5.91 Å². The lowest BCUT2D eigenvalue weighted by atomic mass is 9.93. The van der Waals surface area contributed by atoms with Crippen LogP contribution in [0.2, 0.25) is 5.15 Å². The van der Waals surface area contributed by atoms with Crippen LogP contribution < -0.4 is 5.32 Å². The topological polar surface area (TPSA) is 87.3 Å². The van der Waals surface area contributed by atoms with Crippen molar-refractivity contribution < 1.29 is 14.3 Å². The minimum absolute atomic E-state index is 0.00341. The Morgan fingerprint density at radius 2 is 1.83 bits per heavy atom. The summed E-state index contributed by atoms with van der Waals surface area (Å²) >= 11 is 6.70. The number of benzene rings is 3. The van der Waals surface area contributed by atoms with Crippen LogP contribution in [0, 0.1) is 5.92 Å². The van der Waals surface area contributed by atoms with Gasteiger partial charge in [-0.2, -0.15) is 0 Å². The van der Waals surface area contributed by atoms with Crippen molar-refractivity contribution in [2.45, 2.75) is 46.1 Å². The molecule has 1 aromatic heterocycles. The molecule has 0 radical (unpaired) electrons. The Bertz CT molecular complexity index is 1520. The molecule has 0 unspecified atom stereocenters. The molecular weight excluding hydrogens is 536 g/mol. The number of halogens is 1. The van der Waals surface area contributed by atoms with Crippen LogP contribution in [-0.2, 0) is 24.0 Å². The number of aryl methyl sites for hydroxylation is 1. The third-order valence-corrected chi connectivity index (χ3v) is 7.56. The first-order valence-electron chi connectivity index (χ1n) is 14.1. The molecule has 8 heteroatoms. The number of carbonyl (C=O) groups is 2. The third kappa shape index (κ3) is 6.63. The van der Waals surface area contributed by atoms with E-state index in [2.05, 4.69) is 35.4 Å². The number of nitrogens with one attached hydrogen (secondary N) is 2.